The molecule has 4 rings (SSSR count). The lowest BCUT2D eigenvalue weighted by molar-refractivity contribution is 0.386. The SMILES string of the molecule is c1ccc2c(c1)cc([C@@H]1CCN1)c1ccccc12. The van der Waals surface area contributed by atoms with Crippen LogP contribution in [0.5, 0.6) is 0 Å². The zero-order valence-corrected chi connectivity index (χ0v) is 10.2. The zero-order chi connectivity index (χ0) is 11.9. The number of benzene rings is 3. The molecule has 1 heteroatoms. The molecule has 3 aromatic rings. The maximum atomic E-state index is 3.52. The fraction of sp³-hybridized carbons (Fsp3) is 0.176. The number of hydrogen-bond donors (Lipinski definition) is 1. The van der Waals surface area contributed by atoms with E-state index in [0.29, 0.717) is 6.04 Å². The van der Waals surface area contributed by atoms with Gasteiger partial charge in [-0.15, -0.1) is 0 Å². The summed E-state index contributed by atoms with van der Waals surface area (Å²) in [6.45, 7) is 1.14. The third-order valence-electron chi connectivity index (χ3n) is 4.00. The molecule has 1 aliphatic rings. The van der Waals surface area contributed by atoms with Gasteiger partial charge in [-0.3, -0.25) is 0 Å². The van der Waals surface area contributed by atoms with Gasteiger partial charge in [0.05, 0.1) is 0 Å². The van der Waals surface area contributed by atoms with E-state index in [1.807, 2.05) is 0 Å². The van der Waals surface area contributed by atoms with Crippen LogP contribution in [-0.2, 0) is 0 Å². The largest absolute Gasteiger partial charge is 0.310 e. The van der Waals surface area contributed by atoms with E-state index in [4.69, 9.17) is 0 Å². The molecular formula is C17H15N. The van der Waals surface area contributed by atoms with Gasteiger partial charge in [-0.05, 0) is 46.1 Å². The maximum absolute atomic E-state index is 3.52. The Morgan fingerprint density at radius 1 is 0.833 bits per heavy atom. The molecule has 0 unspecified atom stereocenters. The highest BCUT2D eigenvalue weighted by Gasteiger charge is 2.21. The van der Waals surface area contributed by atoms with Crippen molar-refractivity contribution in [2.75, 3.05) is 6.54 Å². The smallest absolute Gasteiger partial charge is 0.0338 e. The van der Waals surface area contributed by atoms with Gasteiger partial charge in [-0.1, -0.05) is 48.5 Å². The van der Waals surface area contributed by atoms with Crippen LogP contribution >= 0.6 is 0 Å². The predicted molar refractivity (Wildman–Crippen MR) is 76.8 cm³/mol. The van der Waals surface area contributed by atoms with Gasteiger partial charge < -0.3 is 5.32 Å². The van der Waals surface area contributed by atoms with Crippen molar-refractivity contribution in [1.29, 1.82) is 0 Å². The molecule has 1 aliphatic heterocycles. The molecule has 0 radical (unpaired) electrons. The van der Waals surface area contributed by atoms with Gasteiger partial charge >= 0.3 is 0 Å². The van der Waals surface area contributed by atoms with E-state index < -0.39 is 0 Å². The fourth-order valence-electron chi connectivity index (χ4n) is 2.93. The number of nitrogens with one attached hydrogen (secondary N) is 1. The van der Waals surface area contributed by atoms with Crippen LogP contribution < -0.4 is 5.32 Å². The zero-order valence-electron chi connectivity index (χ0n) is 10.2. The van der Waals surface area contributed by atoms with E-state index in [9.17, 15) is 0 Å². The van der Waals surface area contributed by atoms with Crippen molar-refractivity contribution in [3.63, 3.8) is 0 Å². The lowest BCUT2D eigenvalue weighted by atomic mass is 9.90. The van der Waals surface area contributed by atoms with Crippen LogP contribution in [0.1, 0.15) is 18.0 Å². The van der Waals surface area contributed by atoms with Gasteiger partial charge in [0.2, 0.25) is 0 Å². The van der Waals surface area contributed by atoms with Crippen molar-refractivity contribution in [3.05, 3.63) is 60.2 Å². The molecular weight excluding hydrogens is 218 g/mol. The summed E-state index contributed by atoms with van der Waals surface area (Å²) in [7, 11) is 0. The molecule has 1 N–H and O–H groups in total. The molecule has 1 heterocycles. The van der Waals surface area contributed by atoms with Crippen molar-refractivity contribution >= 4 is 21.5 Å². The second-order valence-electron chi connectivity index (χ2n) is 5.03. The molecule has 0 saturated carbocycles. The summed E-state index contributed by atoms with van der Waals surface area (Å²) in [5.41, 5.74) is 1.45. The highest BCUT2D eigenvalue weighted by molar-refractivity contribution is 6.09. The van der Waals surface area contributed by atoms with Gasteiger partial charge in [-0.25, -0.2) is 0 Å². The second-order valence-corrected chi connectivity index (χ2v) is 5.03. The predicted octanol–water partition coefficient (Wildman–Crippen LogP) is 4.03. The van der Waals surface area contributed by atoms with Gasteiger partial charge in [-0.2, -0.15) is 0 Å². The van der Waals surface area contributed by atoms with Crippen molar-refractivity contribution in [2.24, 2.45) is 0 Å². The molecule has 0 aromatic heterocycles. The quantitative estimate of drug-likeness (QED) is 0.626. The molecule has 0 aliphatic carbocycles. The van der Waals surface area contributed by atoms with E-state index in [0.717, 1.165) is 6.54 Å². The minimum absolute atomic E-state index is 0.541. The highest BCUT2D eigenvalue weighted by Crippen LogP contribution is 2.34. The molecule has 1 atom stereocenters. The Bertz CT molecular complexity index is 726. The summed E-state index contributed by atoms with van der Waals surface area (Å²) >= 11 is 0. The second kappa shape index (κ2) is 3.82. The average Bonchev–Trinajstić information content (AvgIpc) is 2.37. The van der Waals surface area contributed by atoms with Crippen molar-refractivity contribution in [3.8, 4) is 0 Å². The van der Waals surface area contributed by atoms with E-state index in [1.54, 1.807) is 0 Å². The van der Waals surface area contributed by atoms with Crippen LogP contribution in [0.3, 0.4) is 0 Å². The summed E-state index contributed by atoms with van der Waals surface area (Å²) in [6, 6.07) is 20.3. The first kappa shape index (κ1) is 10.1. The average molecular weight is 233 g/mol. The lowest BCUT2D eigenvalue weighted by Gasteiger charge is -2.29. The van der Waals surface area contributed by atoms with Crippen LogP contribution in [0.25, 0.3) is 21.5 Å². The minimum Gasteiger partial charge on any atom is -0.310 e. The Balaban J connectivity index is 2.14. The minimum atomic E-state index is 0.541. The molecule has 1 saturated heterocycles. The topological polar surface area (TPSA) is 12.0 Å². The monoisotopic (exact) mass is 233 g/mol. The van der Waals surface area contributed by atoms with E-state index in [2.05, 4.69) is 59.9 Å². The highest BCUT2D eigenvalue weighted by atomic mass is 15.0. The molecule has 0 bridgehead atoms. The first-order chi connectivity index (χ1) is 8.93. The maximum Gasteiger partial charge on any atom is 0.0338 e. The summed E-state index contributed by atoms with van der Waals surface area (Å²) < 4.78 is 0. The summed E-state index contributed by atoms with van der Waals surface area (Å²) in [5, 5.41) is 8.99. The number of rotatable bonds is 1. The Hall–Kier alpha value is -1.86. The number of hydrogen-bond acceptors (Lipinski definition) is 1. The number of fused-ring (bicyclic) bond motifs is 3. The molecule has 18 heavy (non-hydrogen) atoms. The molecule has 88 valence electrons. The van der Waals surface area contributed by atoms with Crippen LogP contribution in [-0.4, -0.2) is 6.54 Å². The summed E-state index contributed by atoms with van der Waals surface area (Å²) in [6.07, 6.45) is 1.25. The van der Waals surface area contributed by atoms with Gasteiger partial charge in [0.25, 0.3) is 0 Å². The summed E-state index contributed by atoms with van der Waals surface area (Å²) in [4.78, 5) is 0. The van der Waals surface area contributed by atoms with E-state index in [-0.39, 0.29) is 0 Å². The van der Waals surface area contributed by atoms with E-state index in [1.165, 1.54) is 33.5 Å². The lowest BCUT2D eigenvalue weighted by Crippen LogP contribution is -2.35. The van der Waals surface area contributed by atoms with Gasteiger partial charge in [0, 0.05) is 6.04 Å². The Morgan fingerprint density at radius 3 is 2.22 bits per heavy atom. The van der Waals surface area contributed by atoms with Crippen LogP contribution in [0.2, 0.25) is 0 Å². The van der Waals surface area contributed by atoms with Crippen molar-refractivity contribution in [1.82, 2.24) is 5.32 Å². The molecule has 1 fully saturated rings. The molecule has 1 nitrogen and oxygen atoms in total. The van der Waals surface area contributed by atoms with Crippen molar-refractivity contribution < 1.29 is 0 Å². The third-order valence-corrected chi connectivity index (χ3v) is 4.00. The Morgan fingerprint density at radius 2 is 1.50 bits per heavy atom. The molecule has 3 aromatic carbocycles. The van der Waals surface area contributed by atoms with Gasteiger partial charge in [0.1, 0.15) is 0 Å². The Kier molecular flexibility index (Phi) is 2.14. The normalized spacial score (nSPS) is 19.0. The summed E-state index contributed by atoms with van der Waals surface area (Å²) in [5.74, 6) is 0. The van der Waals surface area contributed by atoms with Crippen LogP contribution in [0, 0.1) is 0 Å². The van der Waals surface area contributed by atoms with Crippen LogP contribution in [0.4, 0.5) is 0 Å². The standard InChI is InChI=1S/C17H15N/c1-2-6-13-12(5-1)11-16(17-9-10-18-17)15-8-4-3-7-14(13)15/h1-8,11,17-18H,9-10H2/t17-/m0/s1. The third kappa shape index (κ3) is 1.37. The molecule has 0 amide bonds. The molecule has 0 spiro atoms. The van der Waals surface area contributed by atoms with Crippen LogP contribution in [0.15, 0.2) is 54.6 Å². The first-order valence-corrected chi connectivity index (χ1v) is 6.57. The Labute approximate surface area is 106 Å². The first-order valence-electron chi connectivity index (χ1n) is 6.57. The fourth-order valence-corrected chi connectivity index (χ4v) is 2.93. The van der Waals surface area contributed by atoms with E-state index >= 15 is 0 Å². The van der Waals surface area contributed by atoms with Gasteiger partial charge in [0.15, 0.2) is 0 Å². The van der Waals surface area contributed by atoms with Crippen molar-refractivity contribution in [2.45, 2.75) is 12.5 Å².